The molecule has 0 amide bonds. The number of hydrogen-bond donors (Lipinski definition) is 1. The average molecular weight is 149 g/mol. The summed E-state index contributed by atoms with van der Waals surface area (Å²) in [6, 6.07) is 0. The van der Waals surface area contributed by atoms with Gasteiger partial charge < -0.3 is 5.73 Å². The summed E-state index contributed by atoms with van der Waals surface area (Å²) in [5, 5.41) is 0. The molecule has 1 rings (SSSR count). The Balaban J connectivity index is 2.45. The highest BCUT2D eigenvalue weighted by molar-refractivity contribution is 4.82. The van der Waals surface area contributed by atoms with Crippen molar-refractivity contribution in [3.05, 3.63) is 0 Å². The van der Waals surface area contributed by atoms with Gasteiger partial charge in [0.1, 0.15) is 12.3 Å². The van der Waals surface area contributed by atoms with E-state index < -0.39 is 18.3 Å². The van der Waals surface area contributed by atoms with Crippen molar-refractivity contribution < 1.29 is 8.78 Å². The molecule has 3 heteroatoms. The van der Waals surface area contributed by atoms with Crippen molar-refractivity contribution in [1.82, 2.24) is 0 Å². The molecular formula is C7H13F2N. The van der Waals surface area contributed by atoms with E-state index in [0.29, 0.717) is 19.3 Å². The van der Waals surface area contributed by atoms with Crippen LogP contribution in [0.1, 0.15) is 19.3 Å². The first-order valence-electron chi connectivity index (χ1n) is 3.74. The number of rotatable bonds is 1. The fourth-order valence-corrected chi connectivity index (χ4v) is 1.46. The number of hydrogen-bond acceptors (Lipinski definition) is 1. The summed E-state index contributed by atoms with van der Waals surface area (Å²) in [7, 11) is 0. The second-order valence-corrected chi connectivity index (χ2v) is 2.86. The largest absolute Gasteiger partial charge is 0.330 e. The van der Waals surface area contributed by atoms with Crippen LogP contribution in [-0.4, -0.2) is 18.9 Å². The molecule has 0 spiro atoms. The molecule has 1 saturated carbocycles. The smallest absolute Gasteiger partial charge is 0.107 e. The number of halogens is 2. The zero-order chi connectivity index (χ0) is 7.56. The van der Waals surface area contributed by atoms with Gasteiger partial charge in [0.15, 0.2) is 0 Å². The van der Waals surface area contributed by atoms with Crippen molar-refractivity contribution in [2.45, 2.75) is 31.6 Å². The van der Waals surface area contributed by atoms with Gasteiger partial charge in [-0.1, -0.05) is 0 Å². The van der Waals surface area contributed by atoms with E-state index in [9.17, 15) is 8.78 Å². The molecule has 60 valence electrons. The first kappa shape index (κ1) is 7.92. The van der Waals surface area contributed by atoms with Crippen molar-refractivity contribution in [3.63, 3.8) is 0 Å². The molecule has 0 aliphatic heterocycles. The van der Waals surface area contributed by atoms with Crippen LogP contribution in [0.4, 0.5) is 8.78 Å². The van der Waals surface area contributed by atoms with Crippen LogP contribution in [-0.2, 0) is 0 Å². The van der Waals surface area contributed by atoms with E-state index in [-0.39, 0.29) is 6.54 Å². The molecule has 0 aromatic heterocycles. The van der Waals surface area contributed by atoms with Crippen molar-refractivity contribution in [1.29, 1.82) is 0 Å². The molecule has 1 aliphatic rings. The quantitative estimate of drug-likeness (QED) is 0.599. The van der Waals surface area contributed by atoms with Crippen LogP contribution < -0.4 is 5.73 Å². The topological polar surface area (TPSA) is 26.0 Å². The zero-order valence-electron chi connectivity index (χ0n) is 5.89. The lowest BCUT2D eigenvalue weighted by atomic mass is 9.86. The summed E-state index contributed by atoms with van der Waals surface area (Å²) in [5.41, 5.74) is 5.20. The van der Waals surface area contributed by atoms with Gasteiger partial charge in [-0.05, 0) is 19.3 Å². The molecule has 10 heavy (non-hydrogen) atoms. The molecule has 2 N–H and O–H groups in total. The third kappa shape index (κ3) is 1.45. The van der Waals surface area contributed by atoms with E-state index in [0.717, 1.165) is 0 Å². The number of nitrogens with two attached hydrogens (primary N) is 1. The van der Waals surface area contributed by atoms with Gasteiger partial charge in [0.2, 0.25) is 0 Å². The maximum Gasteiger partial charge on any atom is 0.107 e. The summed E-state index contributed by atoms with van der Waals surface area (Å²) < 4.78 is 25.6. The Hall–Kier alpha value is -0.180. The molecule has 1 aliphatic carbocycles. The SMILES string of the molecule is NCC1C(F)CCCC1F. The van der Waals surface area contributed by atoms with Crippen molar-refractivity contribution in [2.24, 2.45) is 11.7 Å². The summed E-state index contributed by atoms with van der Waals surface area (Å²) >= 11 is 0. The third-order valence-corrected chi connectivity index (χ3v) is 2.16. The lowest BCUT2D eigenvalue weighted by molar-refractivity contribution is 0.0816. The molecule has 1 nitrogen and oxygen atoms in total. The van der Waals surface area contributed by atoms with Gasteiger partial charge in [0.05, 0.1) is 0 Å². The minimum atomic E-state index is -1.01. The Kier molecular flexibility index (Phi) is 2.60. The van der Waals surface area contributed by atoms with E-state index in [1.807, 2.05) is 0 Å². The second-order valence-electron chi connectivity index (χ2n) is 2.86. The fourth-order valence-electron chi connectivity index (χ4n) is 1.46. The molecule has 2 unspecified atom stereocenters. The molecule has 1 fully saturated rings. The van der Waals surface area contributed by atoms with Crippen LogP contribution >= 0.6 is 0 Å². The third-order valence-electron chi connectivity index (χ3n) is 2.16. The molecule has 2 atom stereocenters. The summed E-state index contributed by atoms with van der Waals surface area (Å²) in [4.78, 5) is 0. The van der Waals surface area contributed by atoms with Crippen molar-refractivity contribution >= 4 is 0 Å². The van der Waals surface area contributed by atoms with Crippen LogP contribution in [0.15, 0.2) is 0 Å². The predicted octanol–water partition coefficient (Wildman–Crippen LogP) is 1.42. The number of alkyl halides is 2. The molecule has 0 heterocycles. The van der Waals surface area contributed by atoms with E-state index in [1.165, 1.54) is 0 Å². The Morgan fingerprint density at radius 3 is 2.00 bits per heavy atom. The van der Waals surface area contributed by atoms with Gasteiger partial charge in [0.25, 0.3) is 0 Å². The van der Waals surface area contributed by atoms with E-state index in [4.69, 9.17) is 5.73 Å². The van der Waals surface area contributed by atoms with Gasteiger partial charge >= 0.3 is 0 Å². The van der Waals surface area contributed by atoms with Crippen LogP contribution in [0.3, 0.4) is 0 Å². The molecule has 0 saturated heterocycles. The summed E-state index contributed by atoms with van der Waals surface area (Å²) in [6.07, 6.45) is -0.369. The Labute approximate surface area is 59.6 Å². The van der Waals surface area contributed by atoms with Crippen LogP contribution in [0.25, 0.3) is 0 Å². The van der Waals surface area contributed by atoms with E-state index >= 15 is 0 Å². The first-order valence-corrected chi connectivity index (χ1v) is 3.74. The Morgan fingerprint density at radius 1 is 1.20 bits per heavy atom. The Morgan fingerprint density at radius 2 is 1.70 bits per heavy atom. The highest BCUT2D eigenvalue weighted by Crippen LogP contribution is 2.28. The first-order chi connectivity index (χ1) is 4.75. The zero-order valence-corrected chi connectivity index (χ0v) is 5.89. The van der Waals surface area contributed by atoms with E-state index in [1.54, 1.807) is 0 Å². The molecule has 0 aromatic carbocycles. The highest BCUT2D eigenvalue weighted by atomic mass is 19.1. The second kappa shape index (κ2) is 3.28. The lowest BCUT2D eigenvalue weighted by Crippen LogP contribution is -2.36. The summed E-state index contributed by atoms with van der Waals surface area (Å²) in [6.45, 7) is 0.141. The maximum atomic E-state index is 12.8. The molecular weight excluding hydrogens is 136 g/mol. The lowest BCUT2D eigenvalue weighted by Gasteiger charge is -2.27. The van der Waals surface area contributed by atoms with Crippen LogP contribution in [0.5, 0.6) is 0 Å². The van der Waals surface area contributed by atoms with Gasteiger partial charge in [-0.25, -0.2) is 8.78 Å². The maximum absolute atomic E-state index is 12.8. The standard InChI is InChI=1S/C7H13F2N/c8-6-2-1-3-7(9)5(6)4-10/h5-7H,1-4,10H2. The monoisotopic (exact) mass is 149 g/mol. The van der Waals surface area contributed by atoms with Crippen LogP contribution in [0.2, 0.25) is 0 Å². The Bertz CT molecular complexity index is 97.8. The van der Waals surface area contributed by atoms with Crippen molar-refractivity contribution in [2.75, 3.05) is 6.54 Å². The van der Waals surface area contributed by atoms with Gasteiger partial charge in [-0.15, -0.1) is 0 Å². The molecule has 0 bridgehead atoms. The molecule has 0 radical (unpaired) electrons. The predicted molar refractivity (Wildman–Crippen MR) is 36.2 cm³/mol. The summed E-state index contributed by atoms with van der Waals surface area (Å²) in [5.74, 6) is -0.534. The van der Waals surface area contributed by atoms with Crippen molar-refractivity contribution in [3.8, 4) is 0 Å². The molecule has 0 aromatic rings. The normalized spacial score (nSPS) is 41.7. The fraction of sp³-hybridized carbons (Fsp3) is 1.00. The average Bonchev–Trinajstić information content (AvgIpc) is 1.88. The highest BCUT2D eigenvalue weighted by Gasteiger charge is 2.32. The van der Waals surface area contributed by atoms with E-state index in [2.05, 4.69) is 0 Å². The van der Waals surface area contributed by atoms with Gasteiger partial charge in [0, 0.05) is 12.5 Å². The minimum Gasteiger partial charge on any atom is -0.330 e. The van der Waals surface area contributed by atoms with Gasteiger partial charge in [-0.3, -0.25) is 0 Å². The van der Waals surface area contributed by atoms with Crippen LogP contribution in [0, 0.1) is 5.92 Å². The minimum absolute atomic E-state index is 0.141. The van der Waals surface area contributed by atoms with Gasteiger partial charge in [-0.2, -0.15) is 0 Å².